The molecule has 0 radical (unpaired) electrons. The predicted molar refractivity (Wildman–Crippen MR) is 97.3 cm³/mol. The monoisotopic (exact) mass is 376 g/mol. The number of piperazine rings is 1. The van der Waals surface area contributed by atoms with E-state index in [4.69, 9.17) is 0 Å². The summed E-state index contributed by atoms with van der Waals surface area (Å²) < 4.78 is 39.7. The van der Waals surface area contributed by atoms with Crippen LogP contribution in [0.3, 0.4) is 0 Å². The van der Waals surface area contributed by atoms with Crippen molar-refractivity contribution in [3.63, 3.8) is 0 Å². The van der Waals surface area contributed by atoms with Crippen molar-refractivity contribution in [3.05, 3.63) is 71.5 Å². The van der Waals surface area contributed by atoms with Crippen molar-refractivity contribution in [2.75, 3.05) is 26.2 Å². The fourth-order valence-corrected chi connectivity index (χ4v) is 4.54. The topological polar surface area (TPSA) is 57.7 Å². The predicted octanol–water partition coefficient (Wildman–Crippen LogP) is 2.04. The van der Waals surface area contributed by atoms with Gasteiger partial charge in [-0.05, 0) is 23.3 Å². The zero-order valence-corrected chi connectivity index (χ0v) is 15.2. The van der Waals surface area contributed by atoms with Crippen LogP contribution in [0.4, 0.5) is 4.39 Å². The second-order valence-corrected chi connectivity index (χ2v) is 8.30. The Hall–Kier alpha value is -2.25. The molecule has 1 saturated heterocycles. The van der Waals surface area contributed by atoms with E-state index in [0.717, 1.165) is 5.56 Å². The number of halogens is 1. The molecule has 0 bridgehead atoms. The fraction of sp³-hybridized carbons (Fsp3) is 0.316. The summed E-state index contributed by atoms with van der Waals surface area (Å²) in [6.45, 7) is 1.26. The zero-order chi connectivity index (χ0) is 18.6. The highest BCUT2D eigenvalue weighted by Crippen LogP contribution is 2.15. The third-order valence-electron chi connectivity index (χ3n) is 4.42. The molecule has 0 aromatic heterocycles. The van der Waals surface area contributed by atoms with Crippen LogP contribution < -0.4 is 0 Å². The van der Waals surface area contributed by atoms with Gasteiger partial charge in [0.15, 0.2) is 0 Å². The number of nitrogens with zero attached hydrogens (tertiary/aromatic N) is 2. The average molecular weight is 376 g/mol. The van der Waals surface area contributed by atoms with Crippen LogP contribution >= 0.6 is 0 Å². The van der Waals surface area contributed by atoms with Gasteiger partial charge in [0.2, 0.25) is 15.9 Å². The van der Waals surface area contributed by atoms with Gasteiger partial charge in [0.25, 0.3) is 0 Å². The summed E-state index contributed by atoms with van der Waals surface area (Å²) in [7, 11) is -3.40. The number of benzene rings is 2. The molecule has 1 heterocycles. The van der Waals surface area contributed by atoms with Crippen molar-refractivity contribution in [1.29, 1.82) is 0 Å². The molecule has 1 amide bonds. The lowest BCUT2D eigenvalue weighted by atomic mass is 10.1. The Kier molecular flexibility index (Phi) is 5.68. The van der Waals surface area contributed by atoms with Crippen molar-refractivity contribution >= 4 is 15.9 Å². The van der Waals surface area contributed by atoms with Crippen molar-refractivity contribution in [2.45, 2.75) is 12.2 Å². The van der Waals surface area contributed by atoms with E-state index in [0.29, 0.717) is 18.7 Å². The smallest absolute Gasteiger partial charge is 0.227 e. The van der Waals surface area contributed by atoms with Crippen molar-refractivity contribution in [1.82, 2.24) is 9.21 Å². The van der Waals surface area contributed by atoms with Crippen LogP contribution in [0, 0.1) is 5.82 Å². The maximum Gasteiger partial charge on any atom is 0.227 e. The number of hydrogen-bond acceptors (Lipinski definition) is 3. The van der Waals surface area contributed by atoms with Crippen LogP contribution in [0.1, 0.15) is 11.1 Å². The van der Waals surface area contributed by atoms with Gasteiger partial charge in [-0.25, -0.2) is 12.8 Å². The summed E-state index contributed by atoms with van der Waals surface area (Å²) in [4.78, 5) is 14.0. The molecule has 0 unspecified atom stereocenters. The molecule has 0 N–H and O–H groups in total. The Morgan fingerprint density at radius 1 is 0.923 bits per heavy atom. The molecule has 1 aliphatic rings. The summed E-state index contributed by atoms with van der Waals surface area (Å²) in [5.74, 6) is -0.520. The largest absolute Gasteiger partial charge is 0.340 e. The molecule has 1 fully saturated rings. The van der Waals surface area contributed by atoms with Crippen LogP contribution in [-0.2, 0) is 27.0 Å². The highest BCUT2D eigenvalue weighted by Gasteiger charge is 2.28. The molecule has 5 nitrogen and oxygen atoms in total. The minimum absolute atomic E-state index is 0.0366. The SMILES string of the molecule is O=C(Cc1cccc(F)c1)N1CCN(S(=O)(=O)Cc2ccccc2)CC1. The minimum atomic E-state index is -3.40. The Morgan fingerprint density at radius 2 is 1.58 bits per heavy atom. The summed E-state index contributed by atoms with van der Waals surface area (Å²) >= 11 is 0. The van der Waals surface area contributed by atoms with Gasteiger partial charge in [-0.3, -0.25) is 4.79 Å². The van der Waals surface area contributed by atoms with Crippen molar-refractivity contribution in [3.8, 4) is 0 Å². The quantitative estimate of drug-likeness (QED) is 0.802. The first-order valence-electron chi connectivity index (χ1n) is 8.48. The van der Waals surface area contributed by atoms with Gasteiger partial charge in [-0.1, -0.05) is 42.5 Å². The molecule has 2 aromatic rings. The highest BCUT2D eigenvalue weighted by atomic mass is 32.2. The fourth-order valence-electron chi connectivity index (χ4n) is 3.03. The molecule has 0 saturated carbocycles. The molecule has 7 heteroatoms. The van der Waals surface area contributed by atoms with Crippen molar-refractivity contribution < 1.29 is 17.6 Å². The van der Waals surface area contributed by atoms with Gasteiger partial charge >= 0.3 is 0 Å². The van der Waals surface area contributed by atoms with E-state index in [2.05, 4.69) is 0 Å². The molecule has 3 rings (SSSR count). The summed E-state index contributed by atoms with van der Waals surface area (Å²) in [6, 6.07) is 15.0. The van der Waals surface area contributed by atoms with Crippen LogP contribution in [-0.4, -0.2) is 49.7 Å². The van der Waals surface area contributed by atoms with Crippen molar-refractivity contribution in [2.24, 2.45) is 0 Å². The van der Waals surface area contributed by atoms with E-state index in [1.165, 1.54) is 16.4 Å². The second-order valence-electron chi connectivity index (χ2n) is 6.33. The van der Waals surface area contributed by atoms with E-state index >= 15 is 0 Å². The lowest BCUT2D eigenvalue weighted by Crippen LogP contribution is -2.51. The third kappa shape index (κ3) is 4.68. The summed E-state index contributed by atoms with van der Waals surface area (Å²) in [5.41, 5.74) is 1.37. The molecule has 26 heavy (non-hydrogen) atoms. The Labute approximate surface area is 153 Å². The minimum Gasteiger partial charge on any atom is -0.340 e. The van der Waals surface area contributed by atoms with E-state index < -0.39 is 10.0 Å². The van der Waals surface area contributed by atoms with Gasteiger partial charge in [0.05, 0.1) is 12.2 Å². The maximum absolute atomic E-state index is 13.2. The van der Waals surface area contributed by atoms with E-state index in [1.54, 1.807) is 29.2 Å². The van der Waals surface area contributed by atoms with Crippen LogP contribution in [0.5, 0.6) is 0 Å². The molecule has 0 atom stereocenters. The van der Waals surface area contributed by atoms with E-state index in [-0.39, 0.29) is 37.0 Å². The molecular weight excluding hydrogens is 355 g/mol. The Morgan fingerprint density at radius 3 is 2.23 bits per heavy atom. The first-order valence-corrected chi connectivity index (χ1v) is 10.1. The molecule has 0 aliphatic carbocycles. The summed E-state index contributed by atoms with van der Waals surface area (Å²) in [5, 5.41) is 0. The Balaban J connectivity index is 1.55. The maximum atomic E-state index is 13.2. The van der Waals surface area contributed by atoms with Crippen LogP contribution in [0.25, 0.3) is 0 Å². The zero-order valence-electron chi connectivity index (χ0n) is 14.3. The lowest BCUT2D eigenvalue weighted by Gasteiger charge is -2.34. The average Bonchev–Trinajstić information content (AvgIpc) is 2.62. The molecule has 0 spiro atoms. The van der Waals surface area contributed by atoms with Gasteiger partial charge in [-0.15, -0.1) is 0 Å². The number of rotatable bonds is 5. The number of hydrogen-bond donors (Lipinski definition) is 0. The van der Waals surface area contributed by atoms with Crippen LogP contribution in [0.2, 0.25) is 0 Å². The second kappa shape index (κ2) is 7.97. The van der Waals surface area contributed by atoms with E-state index in [9.17, 15) is 17.6 Å². The highest BCUT2D eigenvalue weighted by molar-refractivity contribution is 7.88. The Bertz CT molecular complexity index is 863. The number of carbonyl (C=O) groups is 1. The molecule has 138 valence electrons. The normalized spacial score (nSPS) is 15.8. The van der Waals surface area contributed by atoms with Gasteiger partial charge in [-0.2, -0.15) is 4.31 Å². The van der Waals surface area contributed by atoms with E-state index in [1.807, 2.05) is 18.2 Å². The standard InChI is InChI=1S/C19H21FN2O3S/c20-18-8-4-7-17(13-18)14-19(23)21-9-11-22(12-10-21)26(24,25)15-16-5-2-1-3-6-16/h1-8,13H,9-12,14-15H2. The number of sulfonamides is 1. The van der Waals surface area contributed by atoms with Gasteiger partial charge in [0, 0.05) is 26.2 Å². The molecular formula is C19H21FN2O3S. The first kappa shape index (κ1) is 18.5. The molecule has 2 aromatic carbocycles. The van der Waals surface area contributed by atoms with Crippen LogP contribution in [0.15, 0.2) is 54.6 Å². The number of amides is 1. The third-order valence-corrected chi connectivity index (χ3v) is 6.27. The lowest BCUT2D eigenvalue weighted by molar-refractivity contribution is -0.131. The van der Waals surface area contributed by atoms with Gasteiger partial charge < -0.3 is 4.90 Å². The molecule has 1 aliphatic heterocycles. The summed E-state index contributed by atoms with van der Waals surface area (Å²) in [6.07, 6.45) is 0.120. The number of carbonyl (C=O) groups excluding carboxylic acids is 1. The first-order chi connectivity index (χ1) is 12.4. The van der Waals surface area contributed by atoms with Gasteiger partial charge in [0.1, 0.15) is 5.82 Å².